The first-order valence-electron chi connectivity index (χ1n) is 7.27. The summed E-state index contributed by atoms with van der Waals surface area (Å²) in [5.74, 6) is 0.920. The normalized spacial score (nSPS) is 25.9. The van der Waals surface area contributed by atoms with E-state index in [0.29, 0.717) is 6.04 Å². The van der Waals surface area contributed by atoms with Gasteiger partial charge in [-0.3, -0.25) is 4.79 Å². The van der Waals surface area contributed by atoms with Gasteiger partial charge in [0.05, 0.1) is 0 Å². The fraction of sp³-hybridized carbons (Fsp3) is 0.600. The molecule has 1 aromatic rings. The van der Waals surface area contributed by atoms with E-state index in [2.05, 4.69) is 17.4 Å². The van der Waals surface area contributed by atoms with Gasteiger partial charge in [0.2, 0.25) is 5.91 Å². The first-order chi connectivity index (χ1) is 9.22. The van der Waals surface area contributed by atoms with E-state index in [1.165, 1.54) is 24.1 Å². The minimum absolute atomic E-state index is 0.0750. The van der Waals surface area contributed by atoms with E-state index in [0.717, 1.165) is 37.9 Å². The number of fused-ring (bicyclic) bond motifs is 1. The van der Waals surface area contributed by atoms with Crippen LogP contribution in [0, 0.1) is 5.92 Å². The van der Waals surface area contributed by atoms with Gasteiger partial charge >= 0.3 is 0 Å². The first-order valence-corrected chi connectivity index (χ1v) is 7.27. The van der Waals surface area contributed by atoms with Gasteiger partial charge in [0, 0.05) is 17.7 Å². The zero-order valence-corrected chi connectivity index (χ0v) is 11.2. The van der Waals surface area contributed by atoms with E-state index >= 15 is 0 Å². The van der Waals surface area contributed by atoms with Gasteiger partial charge in [-0.1, -0.05) is 6.07 Å². The molecular formula is C15H21N3O. The highest BCUT2D eigenvalue weighted by Gasteiger charge is 2.25. The zero-order chi connectivity index (χ0) is 13.2. The van der Waals surface area contributed by atoms with Crippen molar-refractivity contribution >= 4 is 11.7 Å². The summed E-state index contributed by atoms with van der Waals surface area (Å²) in [6, 6.07) is 4.72. The average molecular weight is 259 g/mol. The molecule has 1 heterocycles. The second-order valence-corrected chi connectivity index (χ2v) is 5.75. The van der Waals surface area contributed by atoms with Crippen molar-refractivity contribution in [2.24, 2.45) is 11.7 Å². The molecule has 0 atom stereocenters. The smallest absolute Gasteiger partial charge is 0.220 e. The van der Waals surface area contributed by atoms with Crippen molar-refractivity contribution < 1.29 is 4.79 Å². The Morgan fingerprint density at radius 2 is 2.00 bits per heavy atom. The van der Waals surface area contributed by atoms with Crippen LogP contribution in [0.4, 0.5) is 5.82 Å². The number of carbonyl (C=O) groups is 1. The number of hydrogen-bond donors (Lipinski definition) is 2. The summed E-state index contributed by atoms with van der Waals surface area (Å²) in [6.45, 7) is 0. The maximum Gasteiger partial charge on any atom is 0.220 e. The van der Waals surface area contributed by atoms with E-state index in [4.69, 9.17) is 10.7 Å². The Kier molecular flexibility index (Phi) is 3.40. The average Bonchev–Trinajstić information content (AvgIpc) is 2.87. The van der Waals surface area contributed by atoms with Gasteiger partial charge in [0.25, 0.3) is 0 Å². The molecule has 0 aliphatic heterocycles. The van der Waals surface area contributed by atoms with Gasteiger partial charge < -0.3 is 11.1 Å². The highest BCUT2D eigenvalue weighted by molar-refractivity contribution is 5.76. The van der Waals surface area contributed by atoms with Crippen molar-refractivity contribution in [1.29, 1.82) is 0 Å². The summed E-state index contributed by atoms with van der Waals surface area (Å²) < 4.78 is 0. The van der Waals surface area contributed by atoms with Crippen molar-refractivity contribution in [3.05, 3.63) is 23.4 Å². The molecule has 102 valence electrons. The van der Waals surface area contributed by atoms with Crippen LogP contribution in [-0.2, 0) is 17.6 Å². The fourth-order valence-electron chi connectivity index (χ4n) is 3.23. The summed E-state index contributed by atoms with van der Waals surface area (Å²) in [5.41, 5.74) is 8.02. The largest absolute Gasteiger partial charge is 0.369 e. The number of hydrogen-bond acceptors (Lipinski definition) is 3. The van der Waals surface area contributed by atoms with Crippen LogP contribution in [0.1, 0.15) is 43.4 Å². The third-order valence-corrected chi connectivity index (χ3v) is 4.41. The Bertz CT molecular complexity index is 478. The predicted molar refractivity (Wildman–Crippen MR) is 74.8 cm³/mol. The molecule has 4 nitrogen and oxygen atoms in total. The molecule has 0 spiro atoms. The Morgan fingerprint density at radius 1 is 1.21 bits per heavy atom. The molecule has 0 bridgehead atoms. The summed E-state index contributed by atoms with van der Waals surface area (Å²) in [6.07, 6.45) is 7.33. The molecule has 1 amide bonds. The number of carbonyl (C=O) groups excluding carboxylic acids is 1. The first kappa shape index (κ1) is 12.5. The molecule has 1 aromatic heterocycles. The fourth-order valence-corrected chi connectivity index (χ4v) is 3.23. The molecule has 0 saturated heterocycles. The Balaban J connectivity index is 1.59. The molecule has 0 unspecified atom stereocenters. The molecule has 3 rings (SSSR count). The Hall–Kier alpha value is -1.58. The van der Waals surface area contributed by atoms with Gasteiger partial charge in [-0.05, 0) is 56.6 Å². The number of nitrogens with zero attached hydrogens (tertiary/aromatic N) is 1. The lowest BCUT2D eigenvalue weighted by atomic mass is 9.85. The lowest BCUT2D eigenvalue weighted by Crippen LogP contribution is -2.32. The highest BCUT2D eigenvalue weighted by atomic mass is 16.1. The number of aromatic nitrogens is 1. The Morgan fingerprint density at radius 3 is 2.74 bits per heavy atom. The number of primary amides is 1. The SMILES string of the molecule is NC(=O)C1CCC(Nc2ccc3c(n2)CCC3)CC1. The van der Waals surface area contributed by atoms with Crippen molar-refractivity contribution in [1.82, 2.24) is 4.98 Å². The zero-order valence-electron chi connectivity index (χ0n) is 11.2. The highest BCUT2D eigenvalue weighted by Crippen LogP contribution is 2.27. The topological polar surface area (TPSA) is 68.0 Å². The number of nitrogens with two attached hydrogens (primary N) is 1. The van der Waals surface area contributed by atoms with E-state index < -0.39 is 0 Å². The van der Waals surface area contributed by atoms with Crippen LogP contribution in [0.5, 0.6) is 0 Å². The Labute approximate surface area is 113 Å². The van der Waals surface area contributed by atoms with Crippen LogP contribution in [0.3, 0.4) is 0 Å². The number of anilines is 1. The summed E-state index contributed by atoms with van der Waals surface area (Å²) >= 11 is 0. The van der Waals surface area contributed by atoms with Gasteiger partial charge in [0.15, 0.2) is 0 Å². The van der Waals surface area contributed by atoms with Crippen molar-refractivity contribution in [2.75, 3.05) is 5.32 Å². The lowest BCUT2D eigenvalue weighted by Gasteiger charge is -2.27. The van der Waals surface area contributed by atoms with Crippen molar-refractivity contribution in [2.45, 2.75) is 51.0 Å². The molecular weight excluding hydrogens is 238 g/mol. The van der Waals surface area contributed by atoms with Crippen molar-refractivity contribution in [3.8, 4) is 0 Å². The number of rotatable bonds is 3. The summed E-state index contributed by atoms with van der Waals surface area (Å²) in [4.78, 5) is 15.8. The molecule has 2 aliphatic carbocycles. The quantitative estimate of drug-likeness (QED) is 0.872. The third-order valence-electron chi connectivity index (χ3n) is 4.41. The molecule has 0 aromatic carbocycles. The summed E-state index contributed by atoms with van der Waals surface area (Å²) in [5, 5.41) is 3.51. The number of aryl methyl sites for hydroxylation is 2. The molecule has 4 heteroatoms. The van der Waals surface area contributed by atoms with Gasteiger partial charge in [0.1, 0.15) is 5.82 Å². The van der Waals surface area contributed by atoms with Crippen LogP contribution in [0.2, 0.25) is 0 Å². The minimum Gasteiger partial charge on any atom is -0.369 e. The van der Waals surface area contributed by atoms with E-state index in [9.17, 15) is 4.79 Å². The molecule has 19 heavy (non-hydrogen) atoms. The van der Waals surface area contributed by atoms with Gasteiger partial charge in [-0.2, -0.15) is 0 Å². The van der Waals surface area contributed by atoms with Crippen LogP contribution in [0.15, 0.2) is 12.1 Å². The third kappa shape index (κ3) is 2.72. The second kappa shape index (κ2) is 5.19. The van der Waals surface area contributed by atoms with E-state index in [-0.39, 0.29) is 11.8 Å². The molecule has 1 saturated carbocycles. The summed E-state index contributed by atoms with van der Waals surface area (Å²) in [7, 11) is 0. The van der Waals surface area contributed by atoms with Gasteiger partial charge in [-0.25, -0.2) is 4.98 Å². The lowest BCUT2D eigenvalue weighted by molar-refractivity contribution is -0.122. The maximum absolute atomic E-state index is 11.1. The van der Waals surface area contributed by atoms with Crippen molar-refractivity contribution in [3.63, 3.8) is 0 Å². The number of nitrogens with one attached hydrogen (secondary N) is 1. The van der Waals surface area contributed by atoms with Crippen LogP contribution >= 0.6 is 0 Å². The molecule has 2 aliphatic rings. The number of amides is 1. The predicted octanol–water partition coefficient (Wildman–Crippen LogP) is 2.03. The maximum atomic E-state index is 11.1. The van der Waals surface area contributed by atoms with E-state index in [1.807, 2.05) is 0 Å². The number of pyridine rings is 1. The van der Waals surface area contributed by atoms with Crippen LogP contribution in [-0.4, -0.2) is 16.9 Å². The second-order valence-electron chi connectivity index (χ2n) is 5.75. The molecule has 1 fully saturated rings. The monoisotopic (exact) mass is 259 g/mol. The van der Waals surface area contributed by atoms with E-state index in [1.54, 1.807) is 0 Å². The minimum atomic E-state index is -0.144. The van der Waals surface area contributed by atoms with Crippen LogP contribution < -0.4 is 11.1 Å². The molecule has 0 radical (unpaired) electrons. The van der Waals surface area contributed by atoms with Crippen LogP contribution in [0.25, 0.3) is 0 Å². The van der Waals surface area contributed by atoms with Gasteiger partial charge in [-0.15, -0.1) is 0 Å². The molecule has 3 N–H and O–H groups in total. The standard InChI is InChI=1S/C15H21N3O/c16-15(19)11-4-7-12(8-5-11)17-14-9-6-10-2-1-3-13(10)18-14/h6,9,11-12H,1-5,7-8H2,(H2,16,19)(H,17,18).